The highest BCUT2D eigenvalue weighted by atomic mass is 32.1. The molecule has 0 spiro atoms. The van der Waals surface area contributed by atoms with Crippen molar-refractivity contribution in [3.63, 3.8) is 0 Å². The molecule has 3 N–H and O–H groups in total. The molecule has 0 radical (unpaired) electrons. The lowest BCUT2D eigenvalue weighted by atomic mass is 9.89. The molecule has 2 aromatic rings. The molecule has 0 saturated heterocycles. The van der Waals surface area contributed by atoms with Crippen LogP contribution in [0.5, 0.6) is 0 Å². The van der Waals surface area contributed by atoms with Crippen LogP contribution in [0.3, 0.4) is 0 Å². The van der Waals surface area contributed by atoms with Crippen LogP contribution in [-0.2, 0) is 18.4 Å². The zero-order valence-electron chi connectivity index (χ0n) is 13.0. The molecule has 0 aliphatic rings. The number of hydrazine groups is 1. The first-order valence-corrected chi connectivity index (χ1v) is 7.90. The van der Waals surface area contributed by atoms with Gasteiger partial charge in [-0.05, 0) is 18.0 Å². The van der Waals surface area contributed by atoms with E-state index < -0.39 is 0 Å². The molecule has 2 aromatic heterocycles. The second kappa shape index (κ2) is 6.59. The van der Waals surface area contributed by atoms with Crippen LogP contribution in [0.2, 0.25) is 0 Å². The number of nitrogens with two attached hydrogens (primary N) is 1. The lowest BCUT2D eigenvalue weighted by Crippen LogP contribution is -2.32. The fourth-order valence-corrected chi connectivity index (χ4v) is 3.12. The summed E-state index contributed by atoms with van der Waals surface area (Å²) in [5, 5.41) is 8.53. The molecule has 0 amide bonds. The smallest absolute Gasteiger partial charge is 0.138 e. The minimum Gasteiger partial charge on any atom is -0.271 e. The van der Waals surface area contributed by atoms with Gasteiger partial charge in [-0.1, -0.05) is 32.2 Å². The molecule has 1 atom stereocenters. The Morgan fingerprint density at radius 2 is 2.19 bits per heavy atom. The van der Waals surface area contributed by atoms with Crippen LogP contribution in [-0.4, -0.2) is 24.4 Å². The van der Waals surface area contributed by atoms with Crippen molar-refractivity contribution in [1.29, 1.82) is 0 Å². The second-order valence-corrected chi connectivity index (χ2v) is 6.84. The van der Waals surface area contributed by atoms with E-state index in [9.17, 15) is 0 Å². The Bertz CT molecular complexity index is 569. The Morgan fingerprint density at radius 1 is 1.43 bits per heavy atom. The lowest BCUT2D eigenvalue weighted by Gasteiger charge is -2.21. The van der Waals surface area contributed by atoms with Crippen molar-refractivity contribution < 1.29 is 0 Å². The molecule has 0 saturated carbocycles. The van der Waals surface area contributed by atoms with Gasteiger partial charge in [0, 0.05) is 18.4 Å². The maximum absolute atomic E-state index is 5.76. The third-order valence-electron chi connectivity index (χ3n) is 3.26. The summed E-state index contributed by atoms with van der Waals surface area (Å²) in [6.07, 6.45) is 3.28. The Labute approximate surface area is 129 Å². The summed E-state index contributed by atoms with van der Waals surface area (Å²) in [5.74, 6) is 6.68. The summed E-state index contributed by atoms with van der Waals surface area (Å²) in [6, 6.07) is -0.0565. The molecule has 0 aliphatic heterocycles. The predicted molar refractivity (Wildman–Crippen MR) is 82.7 cm³/mol. The number of rotatable bonds is 6. The molecule has 0 bridgehead atoms. The number of hydrogen-bond acceptors (Lipinski definition) is 7. The Kier molecular flexibility index (Phi) is 5.02. The number of nitrogens with one attached hydrogen (secondary N) is 1. The van der Waals surface area contributed by atoms with E-state index in [4.69, 9.17) is 5.84 Å². The van der Waals surface area contributed by atoms with Crippen molar-refractivity contribution in [2.75, 3.05) is 0 Å². The van der Waals surface area contributed by atoms with Gasteiger partial charge in [0.05, 0.1) is 16.6 Å². The minimum atomic E-state index is -0.0610. The molecular formula is C13H23N7S. The monoisotopic (exact) mass is 309 g/mol. The van der Waals surface area contributed by atoms with Gasteiger partial charge in [-0.25, -0.2) is 4.98 Å². The normalized spacial score (nSPS) is 13.6. The highest BCUT2D eigenvalue weighted by molar-refractivity contribution is 7.05. The van der Waals surface area contributed by atoms with Crippen LogP contribution in [0.1, 0.15) is 56.6 Å². The van der Waals surface area contributed by atoms with E-state index in [-0.39, 0.29) is 11.5 Å². The molecule has 1 unspecified atom stereocenters. The molecule has 2 rings (SSSR count). The van der Waals surface area contributed by atoms with E-state index in [0.717, 1.165) is 29.4 Å². The van der Waals surface area contributed by atoms with Gasteiger partial charge in [0.25, 0.3) is 0 Å². The Morgan fingerprint density at radius 3 is 2.81 bits per heavy atom. The van der Waals surface area contributed by atoms with E-state index >= 15 is 0 Å². The first kappa shape index (κ1) is 16.0. The molecular weight excluding hydrogens is 286 g/mol. The van der Waals surface area contributed by atoms with E-state index in [1.807, 2.05) is 4.68 Å². The van der Waals surface area contributed by atoms with Gasteiger partial charge in [0.2, 0.25) is 0 Å². The number of hydrogen-bond donors (Lipinski definition) is 2. The van der Waals surface area contributed by atoms with Gasteiger partial charge in [-0.3, -0.25) is 16.0 Å². The second-order valence-electron chi connectivity index (χ2n) is 6.06. The van der Waals surface area contributed by atoms with Crippen LogP contribution in [0.4, 0.5) is 0 Å². The molecule has 0 fully saturated rings. The first-order chi connectivity index (χ1) is 9.97. The van der Waals surface area contributed by atoms with Gasteiger partial charge < -0.3 is 0 Å². The average Bonchev–Trinajstić information content (AvgIpc) is 3.04. The zero-order chi connectivity index (χ0) is 15.5. The summed E-state index contributed by atoms with van der Waals surface area (Å²) >= 11 is 1.39. The van der Waals surface area contributed by atoms with Crippen molar-refractivity contribution in [3.8, 4) is 0 Å². The number of nitrogens with zero attached hydrogens (tertiary/aromatic N) is 5. The van der Waals surface area contributed by atoms with Crippen LogP contribution >= 0.6 is 11.5 Å². The Hall–Kier alpha value is -1.38. The molecule has 8 heteroatoms. The van der Waals surface area contributed by atoms with Gasteiger partial charge in [0.1, 0.15) is 12.2 Å². The summed E-state index contributed by atoms with van der Waals surface area (Å²) in [5.41, 5.74) is 3.80. The molecule has 0 aliphatic carbocycles. The number of aromatic nitrogens is 5. The topological polar surface area (TPSA) is 94.5 Å². The zero-order valence-corrected chi connectivity index (χ0v) is 13.8. The van der Waals surface area contributed by atoms with Gasteiger partial charge in [0.15, 0.2) is 0 Å². The van der Waals surface area contributed by atoms with Crippen LogP contribution in [0.15, 0.2) is 6.33 Å². The van der Waals surface area contributed by atoms with Gasteiger partial charge in [-0.2, -0.15) is 5.10 Å². The SMILES string of the molecule is CCCn1ncnc1CC(NN)c1snnc1C(C)(C)C. The molecule has 2 heterocycles. The van der Waals surface area contributed by atoms with Crippen molar-refractivity contribution in [2.24, 2.45) is 5.84 Å². The minimum absolute atomic E-state index is 0.0565. The summed E-state index contributed by atoms with van der Waals surface area (Å²) in [6.45, 7) is 9.36. The van der Waals surface area contributed by atoms with Gasteiger partial charge in [-0.15, -0.1) is 5.10 Å². The van der Waals surface area contributed by atoms with Crippen molar-refractivity contribution in [1.82, 2.24) is 29.8 Å². The third kappa shape index (κ3) is 3.63. The lowest BCUT2D eigenvalue weighted by molar-refractivity contribution is 0.486. The van der Waals surface area contributed by atoms with E-state index in [1.165, 1.54) is 11.5 Å². The van der Waals surface area contributed by atoms with Crippen molar-refractivity contribution in [2.45, 2.75) is 58.5 Å². The fraction of sp³-hybridized carbons (Fsp3) is 0.692. The molecule has 7 nitrogen and oxygen atoms in total. The van der Waals surface area contributed by atoms with E-state index in [2.05, 4.69) is 52.8 Å². The average molecular weight is 309 g/mol. The summed E-state index contributed by atoms with van der Waals surface area (Å²) in [7, 11) is 0. The predicted octanol–water partition coefficient (Wildman–Crippen LogP) is 1.58. The summed E-state index contributed by atoms with van der Waals surface area (Å²) in [4.78, 5) is 5.41. The van der Waals surface area contributed by atoms with E-state index in [1.54, 1.807) is 6.33 Å². The quantitative estimate of drug-likeness (QED) is 0.621. The van der Waals surface area contributed by atoms with E-state index in [0.29, 0.717) is 6.42 Å². The Balaban J connectivity index is 2.25. The van der Waals surface area contributed by atoms with Crippen LogP contribution in [0, 0.1) is 0 Å². The highest BCUT2D eigenvalue weighted by Crippen LogP contribution is 2.31. The molecule has 0 aromatic carbocycles. The van der Waals surface area contributed by atoms with Gasteiger partial charge >= 0.3 is 0 Å². The largest absolute Gasteiger partial charge is 0.271 e. The first-order valence-electron chi connectivity index (χ1n) is 7.13. The maximum Gasteiger partial charge on any atom is 0.138 e. The maximum atomic E-state index is 5.76. The molecule has 116 valence electrons. The molecule has 21 heavy (non-hydrogen) atoms. The summed E-state index contributed by atoms with van der Waals surface area (Å²) < 4.78 is 6.02. The third-order valence-corrected chi connectivity index (χ3v) is 4.10. The van der Waals surface area contributed by atoms with Crippen molar-refractivity contribution >= 4 is 11.5 Å². The number of aryl methyl sites for hydroxylation is 1. The van der Waals surface area contributed by atoms with Crippen molar-refractivity contribution in [3.05, 3.63) is 22.7 Å². The fourth-order valence-electron chi connectivity index (χ4n) is 2.20. The standard InChI is InChI=1S/C13H23N7S/c1-5-6-20-10(15-8-16-20)7-9(17-14)11-12(13(2,3)4)18-19-21-11/h8-9,17H,5-7,14H2,1-4H3. The highest BCUT2D eigenvalue weighted by Gasteiger charge is 2.27. The van der Waals surface area contributed by atoms with Crippen LogP contribution < -0.4 is 11.3 Å². The van der Waals surface area contributed by atoms with Crippen LogP contribution in [0.25, 0.3) is 0 Å².